The molecule has 0 N–H and O–H groups in total. The summed E-state index contributed by atoms with van der Waals surface area (Å²) in [7, 11) is -3.33. The predicted molar refractivity (Wildman–Crippen MR) is 93.7 cm³/mol. The van der Waals surface area contributed by atoms with Crippen LogP contribution in [0, 0.1) is 12.3 Å². The molecule has 126 valence electrons. The summed E-state index contributed by atoms with van der Waals surface area (Å²) in [4.78, 5) is 24.6. The van der Waals surface area contributed by atoms with Gasteiger partial charge in [-0.25, -0.2) is 13.4 Å². The van der Waals surface area contributed by atoms with Gasteiger partial charge < -0.3 is 4.57 Å². The van der Waals surface area contributed by atoms with Crippen molar-refractivity contribution in [3.63, 3.8) is 0 Å². The molecule has 0 fully saturated rings. The number of carbonyl (C=O) groups is 1. The number of thiazole rings is 1. The third-order valence-electron chi connectivity index (χ3n) is 3.31. The molecule has 0 radical (unpaired) electrons. The summed E-state index contributed by atoms with van der Waals surface area (Å²) in [5.41, 5.74) is 0.824. The maximum absolute atomic E-state index is 12.3. The van der Waals surface area contributed by atoms with Crippen LogP contribution in [0.5, 0.6) is 0 Å². The Morgan fingerprint density at radius 2 is 2.20 bits per heavy atom. The Morgan fingerprint density at radius 3 is 2.84 bits per heavy atom. The van der Waals surface area contributed by atoms with Crippen molar-refractivity contribution in [1.29, 1.82) is 0 Å². The van der Waals surface area contributed by atoms with Crippen molar-refractivity contribution in [3.8, 4) is 12.3 Å². The number of nitrogens with zero attached hydrogens (tertiary/aromatic N) is 4. The van der Waals surface area contributed by atoms with Gasteiger partial charge in [0, 0.05) is 18.6 Å². The number of fused-ring (bicyclic) bond motifs is 1. The first-order valence-electron chi connectivity index (χ1n) is 7.02. The second kappa shape index (κ2) is 6.58. The third-order valence-corrected chi connectivity index (χ3v) is 5.46. The monoisotopic (exact) mass is 372 g/mol. The highest BCUT2D eigenvalue weighted by molar-refractivity contribution is 7.90. The van der Waals surface area contributed by atoms with Crippen LogP contribution in [0.3, 0.4) is 0 Å². The lowest BCUT2D eigenvalue weighted by atomic mass is 10.3. The molecule has 0 aliphatic carbocycles. The maximum Gasteiger partial charge on any atom is 0.299 e. The summed E-state index contributed by atoms with van der Waals surface area (Å²) in [5, 5.41) is 0. The van der Waals surface area contributed by atoms with Crippen LogP contribution < -0.4 is 4.80 Å². The molecule has 0 saturated carbocycles. The lowest BCUT2D eigenvalue weighted by molar-refractivity contribution is 0.0992. The minimum absolute atomic E-state index is 0.115. The molecule has 0 saturated heterocycles. The van der Waals surface area contributed by atoms with Crippen molar-refractivity contribution in [3.05, 3.63) is 47.3 Å². The predicted octanol–water partition coefficient (Wildman–Crippen LogP) is 1.27. The molecule has 3 rings (SSSR count). The zero-order chi connectivity index (χ0) is 18.0. The van der Waals surface area contributed by atoms with Gasteiger partial charge in [-0.3, -0.25) is 9.78 Å². The van der Waals surface area contributed by atoms with Gasteiger partial charge in [0.2, 0.25) is 0 Å². The Kier molecular flexibility index (Phi) is 4.48. The van der Waals surface area contributed by atoms with Gasteiger partial charge in [0.1, 0.15) is 5.69 Å². The van der Waals surface area contributed by atoms with Crippen LogP contribution in [0.15, 0.2) is 46.7 Å². The van der Waals surface area contributed by atoms with E-state index in [-0.39, 0.29) is 17.1 Å². The molecule has 0 aliphatic heterocycles. The van der Waals surface area contributed by atoms with E-state index in [9.17, 15) is 13.2 Å². The van der Waals surface area contributed by atoms with E-state index in [1.807, 2.05) is 0 Å². The van der Waals surface area contributed by atoms with E-state index in [0.29, 0.717) is 15.0 Å². The van der Waals surface area contributed by atoms with Crippen molar-refractivity contribution in [2.24, 2.45) is 4.99 Å². The number of terminal acetylenes is 1. The number of benzene rings is 1. The van der Waals surface area contributed by atoms with Gasteiger partial charge in [0.15, 0.2) is 14.6 Å². The van der Waals surface area contributed by atoms with Crippen molar-refractivity contribution in [1.82, 2.24) is 14.5 Å². The SMILES string of the molecule is C#CCn1c(=NC(=O)c2cnccn2)sc2cc(S(C)(=O)=O)ccc21. The quantitative estimate of drug-likeness (QED) is 0.646. The van der Waals surface area contributed by atoms with Crippen molar-refractivity contribution in [2.45, 2.75) is 11.4 Å². The molecule has 0 atom stereocenters. The first-order valence-corrected chi connectivity index (χ1v) is 9.73. The molecule has 7 nitrogen and oxygen atoms in total. The molecule has 2 aromatic heterocycles. The normalized spacial score (nSPS) is 12.2. The molecule has 0 unspecified atom stereocenters. The van der Waals surface area contributed by atoms with Crippen LogP contribution in [0.4, 0.5) is 0 Å². The summed E-state index contributed by atoms with van der Waals surface area (Å²) >= 11 is 1.18. The summed E-state index contributed by atoms with van der Waals surface area (Å²) in [6, 6.07) is 4.71. The number of aromatic nitrogens is 3. The number of hydrogen-bond donors (Lipinski definition) is 0. The van der Waals surface area contributed by atoms with Crippen LogP contribution in [0.2, 0.25) is 0 Å². The minimum Gasteiger partial charge on any atom is -0.305 e. The highest BCUT2D eigenvalue weighted by Crippen LogP contribution is 2.21. The molecule has 1 aromatic carbocycles. The van der Waals surface area contributed by atoms with Crippen molar-refractivity contribution >= 4 is 37.3 Å². The number of carbonyl (C=O) groups excluding carboxylic acids is 1. The van der Waals surface area contributed by atoms with E-state index in [4.69, 9.17) is 6.42 Å². The standard InChI is InChI=1S/C16H12N4O3S2/c1-3-8-20-13-5-4-11(25(2,22)23)9-14(13)24-16(20)19-15(21)12-10-17-6-7-18-12/h1,4-7,9-10H,8H2,2H3. The van der Waals surface area contributed by atoms with E-state index in [1.54, 1.807) is 16.7 Å². The van der Waals surface area contributed by atoms with Crippen LogP contribution in [0.25, 0.3) is 10.2 Å². The molecule has 2 heterocycles. The van der Waals surface area contributed by atoms with Crippen LogP contribution in [0.1, 0.15) is 10.5 Å². The van der Waals surface area contributed by atoms with E-state index < -0.39 is 15.7 Å². The third kappa shape index (κ3) is 3.50. The number of sulfone groups is 1. The Labute approximate surface area is 147 Å². The molecular formula is C16H12N4O3S2. The van der Waals surface area contributed by atoms with Gasteiger partial charge >= 0.3 is 0 Å². The molecule has 25 heavy (non-hydrogen) atoms. The Balaban J connectivity index is 2.20. The van der Waals surface area contributed by atoms with E-state index in [1.165, 1.54) is 36.0 Å². The molecular weight excluding hydrogens is 360 g/mol. The fourth-order valence-corrected chi connectivity index (χ4v) is 3.96. The first kappa shape index (κ1) is 17.0. The first-order chi connectivity index (χ1) is 11.9. The molecule has 3 aromatic rings. The largest absolute Gasteiger partial charge is 0.305 e. The van der Waals surface area contributed by atoms with E-state index >= 15 is 0 Å². The summed E-state index contributed by atoms with van der Waals surface area (Å²) in [6.07, 6.45) is 10.7. The van der Waals surface area contributed by atoms with Crippen molar-refractivity contribution < 1.29 is 13.2 Å². The Hall–Kier alpha value is -2.83. The van der Waals surface area contributed by atoms with Crippen LogP contribution in [-0.2, 0) is 16.4 Å². The summed E-state index contributed by atoms with van der Waals surface area (Å²) < 4.78 is 25.8. The van der Waals surface area contributed by atoms with Crippen molar-refractivity contribution in [2.75, 3.05) is 6.26 Å². The van der Waals surface area contributed by atoms with Gasteiger partial charge in [0.05, 0.1) is 27.9 Å². The highest BCUT2D eigenvalue weighted by atomic mass is 32.2. The number of rotatable bonds is 3. The smallest absolute Gasteiger partial charge is 0.299 e. The second-order valence-electron chi connectivity index (χ2n) is 5.08. The van der Waals surface area contributed by atoms with Crippen LogP contribution >= 0.6 is 11.3 Å². The zero-order valence-corrected chi connectivity index (χ0v) is 14.7. The molecule has 0 aliphatic rings. The molecule has 0 spiro atoms. The topological polar surface area (TPSA) is 94.3 Å². The maximum atomic E-state index is 12.3. The summed E-state index contributed by atoms with van der Waals surface area (Å²) in [6.45, 7) is 0.199. The highest BCUT2D eigenvalue weighted by Gasteiger charge is 2.13. The van der Waals surface area contributed by atoms with E-state index in [0.717, 1.165) is 6.26 Å². The van der Waals surface area contributed by atoms with Gasteiger partial charge in [-0.2, -0.15) is 4.99 Å². The lowest BCUT2D eigenvalue weighted by Gasteiger charge is -2.01. The number of hydrogen-bond acceptors (Lipinski definition) is 6. The average molecular weight is 372 g/mol. The average Bonchev–Trinajstić information content (AvgIpc) is 2.92. The fourth-order valence-electron chi connectivity index (χ4n) is 2.17. The molecule has 1 amide bonds. The molecule has 0 bridgehead atoms. The summed E-state index contributed by atoms with van der Waals surface area (Å²) in [5.74, 6) is 1.97. The molecule has 9 heteroatoms. The number of amides is 1. The lowest BCUT2D eigenvalue weighted by Crippen LogP contribution is -2.16. The van der Waals surface area contributed by atoms with Crippen LogP contribution in [-0.4, -0.2) is 35.1 Å². The second-order valence-corrected chi connectivity index (χ2v) is 8.11. The Morgan fingerprint density at radius 1 is 1.40 bits per heavy atom. The zero-order valence-electron chi connectivity index (χ0n) is 13.1. The minimum atomic E-state index is -3.33. The Bertz CT molecular complexity index is 1170. The van der Waals surface area contributed by atoms with Gasteiger partial charge in [-0.1, -0.05) is 17.3 Å². The van der Waals surface area contributed by atoms with Gasteiger partial charge in [-0.15, -0.1) is 6.42 Å². The van der Waals surface area contributed by atoms with E-state index in [2.05, 4.69) is 20.9 Å². The van der Waals surface area contributed by atoms with Gasteiger partial charge in [-0.05, 0) is 18.2 Å². The fraction of sp³-hybridized carbons (Fsp3) is 0.125. The van der Waals surface area contributed by atoms with Gasteiger partial charge in [0.25, 0.3) is 5.91 Å².